The van der Waals surface area contributed by atoms with Crippen LogP contribution in [0.25, 0.3) is 22.8 Å². The Balaban J connectivity index is 1.98. The third-order valence-electron chi connectivity index (χ3n) is 3.61. The summed E-state index contributed by atoms with van der Waals surface area (Å²) in [6, 6.07) is 7.83. The number of anilines is 1. The summed E-state index contributed by atoms with van der Waals surface area (Å²) >= 11 is 0. The Kier molecular flexibility index (Phi) is 4.55. The van der Waals surface area contributed by atoms with Crippen molar-refractivity contribution in [3.05, 3.63) is 41.3 Å². The van der Waals surface area contributed by atoms with E-state index in [1.807, 2.05) is 45.0 Å². The molecule has 1 N–H and O–H groups in total. The topological polar surface area (TPSA) is 76.7 Å². The molecule has 6 heteroatoms. The Labute approximate surface area is 141 Å². The molecule has 24 heavy (non-hydrogen) atoms. The third-order valence-corrected chi connectivity index (χ3v) is 3.61. The lowest BCUT2D eigenvalue weighted by molar-refractivity contribution is 0.432. The maximum atomic E-state index is 5.47. The van der Waals surface area contributed by atoms with E-state index in [2.05, 4.69) is 32.3 Å². The van der Waals surface area contributed by atoms with Crippen LogP contribution in [-0.4, -0.2) is 26.7 Å². The molecule has 0 saturated carbocycles. The van der Waals surface area contributed by atoms with Crippen LogP contribution in [-0.2, 0) is 6.42 Å². The van der Waals surface area contributed by atoms with Gasteiger partial charge in [0.05, 0.1) is 0 Å². The minimum Gasteiger partial charge on any atom is -0.370 e. The molecule has 0 atom stereocenters. The highest BCUT2D eigenvalue weighted by Gasteiger charge is 2.13. The highest BCUT2D eigenvalue weighted by atomic mass is 16.5. The van der Waals surface area contributed by atoms with Gasteiger partial charge in [-0.1, -0.05) is 12.1 Å². The number of hydrogen-bond donors (Lipinski definition) is 1. The van der Waals surface area contributed by atoms with Gasteiger partial charge in [-0.2, -0.15) is 4.98 Å². The fourth-order valence-electron chi connectivity index (χ4n) is 2.57. The van der Waals surface area contributed by atoms with Crippen LogP contribution in [0.15, 0.2) is 28.8 Å². The minimum atomic E-state index is 0.488. The molecule has 0 aliphatic heterocycles. The van der Waals surface area contributed by atoms with Crippen molar-refractivity contribution in [3.63, 3.8) is 0 Å². The first-order chi connectivity index (χ1) is 11.6. The molecule has 0 saturated heterocycles. The Morgan fingerprint density at radius 3 is 2.42 bits per heavy atom. The highest BCUT2D eigenvalue weighted by molar-refractivity contribution is 5.63. The van der Waals surface area contributed by atoms with Crippen LogP contribution < -0.4 is 5.32 Å². The molecule has 3 aromatic rings. The molecule has 0 amide bonds. The lowest BCUT2D eigenvalue weighted by Crippen LogP contribution is -2.00. The van der Waals surface area contributed by atoms with E-state index in [4.69, 9.17) is 4.52 Å². The smallest absolute Gasteiger partial charge is 0.258 e. The van der Waals surface area contributed by atoms with Gasteiger partial charge in [0, 0.05) is 34.8 Å². The molecule has 124 valence electrons. The number of aromatic nitrogens is 4. The van der Waals surface area contributed by atoms with Gasteiger partial charge >= 0.3 is 0 Å². The predicted molar refractivity (Wildman–Crippen MR) is 93.8 cm³/mol. The summed E-state index contributed by atoms with van der Waals surface area (Å²) in [6.07, 6.45) is 0.870. The molecular formula is C18H21N5O. The Morgan fingerprint density at radius 2 is 1.67 bits per heavy atom. The minimum absolute atomic E-state index is 0.488. The molecule has 0 aliphatic rings. The van der Waals surface area contributed by atoms with E-state index in [0.29, 0.717) is 11.7 Å². The summed E-state index contributed by atoms with van der Waals surface area (Å²) in [7, 11) is 0. The van der Waals surface area contributed by atoms with E-state index in [0.717, 1.165) is 47.0 Å². The van der Waals surface area contributed by atoms with Gasteiger partial charge in [0.15, 0.2) is 0 Å². The van der Waals surface area contributed by atoms with Gasteiger partial charge in [-0.15, -0.1) is 0 Å². The average molecular weight is 323 g/mol. The van der Waals surface area contributed by atoms with E-state index < -0.39 is 0 Å². The van der Waals surface area contributed by atoms with Crippen LogP contribution in [0.5, 0.6) is 0 Å². The fourth-order valence-corrected chi connectivity index (χ4v) is 2.57. The van der Waals surface area contributed by atoms with Gasteiger partial charge in [-0.05, 0) is 51.5 Å². The van der Waals surface area contributed by atoms with Crippen molar-refractivity contribution >= 4 is 5.82 Å². The normalized spacial score (nSPS) is 10.8. The van der Waals surface area contributed by atoms with Crippen LogP contribution in [0.1, 0.15) is 30.9 Å². The van der Waals surface area contributed by atoms with Crippen LogP contribution in [0, 0.1) is 13.8 Å². The number of nitrogens with zero attached hydrogens (tertiary/aromatic N) is 4. The Bertz CT molecular complexity index is 856. The van der Waals surface area contributed by atoms with E-state index in [-0.39, 0.29) is 0 Å². The summed E-state index contributed by atoms with van der Waals surface area (Å²) in [5.74, 6) is 1.87. The summed E-state index contributed by atoms with van der Waals surface area (Å²) < 4.78 is 5.47. The van der Waals surface area contributed by atoms with Crippen molar-refractivity contribution in [3.8, 4) is 22.8 Å². The predicted octanol–water partition coefficient (Wildman–Crippen LogP) is 3.80. The van der Waals surface area contributed by atoms with Gasteiger partial charge in [-0.25, -0.2) is 4.98 Å². The number of rotatable bonds is 5. The molecule has 0 radical (unpaired) electrons. The molecular weight excluding hydrogens is 302 g/mol. The van der Waals surface area contributed by atoms with Crippen molar-refractivity contribution in [1.29, 1.82) is 0 Å². The number of nitrogens with one attached hydrogen (secondary N) is 1. The Morgan fingerprint density at radius 1 is 0.917 bits per heavy atom. The van der Waals surface area contributed by atoms with Crippen LogP contribution in [0.3, 0.4) is 0 Å². The Hall–Kier alpha value is -2.76. The number of hydrogen-bond acceptors (Lipinski definition) is 6. The summed E-state index contributed by atoms with van der Waals surface area (Å²) in [6.45, 7) is 8.84. The van der Waals surface area contributed by atoms with Crippen LogP contribution in [0.2, 0.25) is 0 Å². The molecule has 3 aromatic heterocycles. The summed E-state index contributed by atoms with van der Waals surface area (Å²) in [5, 5.41) is 7.34. The second-order valence-electron chi connectivity index (χ2n) is 5.68. The van der Waals surface area contributed by atoms with Gasteiger partial charge in [0.1, 0.15) is 5.82 Å². The molecule has 0 spiro atoms. The standard InChI is InChI=1S/C18H21N5O/c1-5-15-9-13(7-11(3)20-15)17-22-18(24-23-17)14-8-12(4)21-16(10-14)19-6-2/h7-10H,5-6H2,1-4H3,(H,19,21). The maximum absolute atomic E-state index is 5.47. The second kappa shape index (κ2) is 6.78. The van der Waals surface area contributed by atoms with Gasteiger partial charge in [0.25, 0.3) is 5.89 Å². The fraction of sp³-hybridized carbons (Fsp3) is 0.333. The highest BCUT2D eigenvalue weighted by Crippen LogP contribution is 2.25. The van der Waals surface area contributed by atoms with Crippen molar-refractivity contribution in [2.24, 2.45) is 0 Å². The second-order valence-corrected chi connectivity index (χ2v) is 5.68. The summed E-state index contributed by atoms with van der Waals surface area (Å²) in [4.78, 5) is 13.5. The summed E-state index contributed by atoms with van der Waals surface area (Å²) in [5.41, 5.74) is 4.65. The monoisotopic (exact) mass is 323 g/mol. The van der Waals surface area contributed by atoms with Crippen molar-refractivity contribution in [2.45, 2.75) is 34.1 Å². The molecule has 3 heterocycles. The first-order valence-corrected chi connectivity index (χ1v) is 8.13. The molecule has 0 bridgehead atoms. The first kappa shape index (κ1) is 16.1. The average Bonchev–Trinajstić information content (AvgIpc) is 3.04. The van der Waals surface area contributed by atoms with E-state index in [1.54, 1.807) is 0 Å². The lowest BCUT2D eigenvalue weighted by atomic mass is 10.1. The zero-order valence-corrected chi connectivity index (χ0v) is 14.4. The molecule has 0 fully saturated rings. The zero-order valence-electron chi connectivity index (χ0n) is 14.4. The lowest BCUT2D eigenvalue weighted by Gasteiger charge is -2.05. The molecule has 0 aliphatic carbocycles. The van der Waals surface area contributed by atoms with Crippen molar-refractivity contribution in [1.82, 2.24) is 20.1 Å². The van der Waals surface area contributed by atoms with Crippen molar-refractivity contribution < 1.29 is 4.52 Å². The van der Waals surface area contributed by atoms with E-state index >= 15 is 0 Å². The zero-order chi connectivity index (χ0) is 17.1. The van der Waals surface area contributed by atoms with E-state index in [9.17, 15) is 0 Å². The molecule has 0 unspecified atom stereocenters. The van der Waals surface area contributed by atoms with Crippen LogP contribution in [0.4, 0.5) is 5.82 Å². The molecule has 3 rings (SSSR count). The quantitative estimate of drug-likeness (QED) is 0.769. The maximum Gasteiger partial charge on any atom is 0.258 e. The molecule has 6 nitrogen and oxygen atoms in total. The first-order valence-electron chi connectivity index (χ1n) is 8.13. The SMILES string of the molecule is CCNc1cc(-c2nc(-c3cc(C)nc(CC)c3)no2)cc(C)n1. The van der Waals surface area contributed by atoms with Gasteiger partial charge < -0.3 is 9.84 Å². The van der Waals surface area contributed by atoms with Crippen LogP contribution >= 0.6 is 0 Å². The number of aryl methyl sites for hydroxylation is 3. The molecule has 0 aromatic carbocycles. The largest absolute Gasteiger partial charge is 0.370 e. The van der Waals surface area contributed by atoms with E-state index in [1.165, 1.54) is 0 Å². The van der Waals surface area contributed by atoms with Gasteiger partial charge in [0.2, 0.25) is 5.82 Å². The number of pyridine rings is 2. The third kappa shape index (κ3) is 3.42. The van der Waals surface area contributed by atoms with Crippen molar-refractivity contribution in [2.75, 3.05) is 11.9 Å². The van der Waals surface area contributed by atoms with Gasteiger partial charge in [-0.3, -0.25) is 4.98 Å².